The molecular formula is C27H18OS. The third kappa shape index (κ3) is 2.46. The smallest absolute Gasteiger partial charge is 0.178 e. The van der Waals surface area contributed by atoms with Gasteiger partial charge in [-0.2, -0.15) is 0 Å². The molecule has 0 spiro atoms. The van der Waals surface area contributed by atoms with Crippen LogP contribution in [0.25, 0.3) is 26.2 Å². The van der Waals surface area contributed by atoms with E-state index in [1.165, 1.54) is 25.7 Å². The first-order valence-corrected chi connectivity index (χ1v) is 10.6. The quantitative estimate of drug-likeness (QED) is 0.305. The maximum absolute atomic E-state index is 6.82. The first-order chi connectivity index (χ1) is 14.4. The topological polar surface area (TPSA) is 9.23 Å². The molecule has 0 aliphatic carbocycles. The third-order valence-electron chi connectivity index (χ3n) is 5.71. The van der Waals surface area contributed by atoms with Gasteiger partial charge in [0, 0.05) is 36.9 Å². The van der Waals surface area contributed by atoms with E-state index >= 15 is 0 Å². The zero-order valence-electron chi connectivity index (χ0n) is 15.7. The molecule has 0 atom stereocenters. The van der Waals surface area contributed by atoms with Crippen LogP contribution >= 0.6 is 11.3 Å². The second-order valence-corrected chi connectivity index (χ2v) is 8.41. The van der Waals surface area contributed by atoms with Crippen molar-refractivity contribution in [2.75, 3.05) is 0 Å². The molecule has 0 amide bonds. The predicted octanol–water partition coefficient (Wildman–Crippen LogP) is 7.40. The Morgan fingerprint density at radius 2 is 1.28 bits per heavy atom. The molecule has 0 saturated carbocycles. The molecule has 2 heteroatoms. The lowest BCUT2D eigenvalue weighted by molar-refractivity contribution is 0.161. The molecule has 0 saturated heterocycles. The zero-order valence-corrected chi connectivity index (χ0v) is 16.5. The highest BCUT2D eigenvalue weighted by Gasteiger charge is 2.37. The number of hydrogen-bond acceptors (Lipinski definition) is 2. The van der Waals surface area contributed by atoms with Crippen LogP contribution in [0, 0.1) is 0 Å². The summed E-state index contributed by atoms with van der Waals surface area (Å²) in [5, 5.41) is 2.61. The number of fused-ring (bicyclic) bond motifs is 5. The molecule has 29 heavy (non-hydrogen) atoms. The Hall–Kier alpha value is -3.36. The summed E-state index contributed by atoms with van der Waals surface area (Å²) in [7, 11) is 0. The first-order valence-electron chi connectivity index (χ1n) is 9.79. The SMILES string of the molecule is C1=CC(c2ccccc2)(c2ccccc2)Oc2ccc3c(sc4ccccc43)c21. The van der Waals surface area contributed by atoms with Crippen molar-refractivity contribution >= 4 is 37.6 Å². The lowest BCUT2D eigenvalue weighted by Crippen LogP contribution is -2.34. The Labute approximate surface area is 173 Å². The molecule has 1 aromatic heterocycles. The van der Waals surface area contributed by atoms with Gasteiger partial charge in [0.15, 0.2) is 5.60 Å². The molecule has 5 aromatic rings. The highest BCUT2D eigenvalue weighted by atomic mass is 32.1. The minimum atomic E-state index is -0.625. The number of thiophene rings is 1. The zero-order chi connectivity index (χ0) is 19.3. The summed E-state index contributed by atoms with van der Waals surface area (Å²) in [6.07, 6.45) is 4.46. The van der Waals surface area contributed by atoms with E-state index in [2.05, 4.69) is 97.1 Å². The van der Waals surface area contributed by atoms with Crippen LogP contribution in [-0.4, -0.2) is 0 Å². The largest absolute Gasteiger partial charge is 0.473 e. The summed E-state index contributed by atoms with van der Waals surface area (Å²) in [4.78, 5) is 0. The Balaban J connectivity index is 1.60. The minimum Gasteiger partial charge on any atom is -0.473 e. The van der Waals surface area contributed by atoms with Gasteiger partial charge in [-0.1, -0.05) is 78.9 Å². The molecule has 0 unspecified atom stereocenters. The third-order valence-corrected chi connectivity index (χ3v) is 6.93. The fourth-order valence-electron chi connectivity index (χ4n) is 4.30. The monoisotopic (exact) mass is 390 g/mol. The van der Waals surface area contributed by atoms with Crippen molar-refractivity contribution < 1.29 is 4.74 Å². The van der Waals surface area contributed by atoms with Gasteiger partial charge in [-0.25, -0.2) is 0 Å². The van der Waals surface area contributed by atoms with Crippen molar-refractivity contribution in [2.24, 2.45) is 0 Å². The summed E-state index contributed by atoms with van der Waals surface area (Å²) in [6, 6.07) is 33.9. The van der Waals surface area contributed by atoms with Crippen molar-refractivity contribution in [1.29, 1.82) is 0 Å². The van der Waals surface area contributed by atoms with Crippen LogP contribution in [0.4, 0.5) is 0 Å². The number of ether oxygens (including phenoxy) is 1. The summed E-state index contributed by atoms with van der Waals surface area (Å²) >= 11 is 1.84. The van der Waals surface area contributed by atoms with E-state index in [-0.39, 0.29) is 0 Å². The Bertz CT molecular complexity index is 1320. The molecule has 1 aliphatic rings. The number of hydrogen-bond donors (Lipinski definition) is 0. The molecule has 0 radical (unpaired) electrons. The maximum Gasteiger partial charge on any atom is 0.178 e. The Kier molecular flexibility index (Phi) is 3.62. The second kappa shape index (κ2) is 6.33. The average molecular weight is 391 g/mol. The van der Waals surface area contributed by atoms with Crippen LogP contribution in [0.3, 0.4) is 0 Å². The summed E-state index contributed by atoms with van der Waals surface area (Å²) in [6.45, 7) is 0. The van der Waals surface area contributed by atoms with Crippen molar-refractivity contribution in [2.45, 2.75) is 5.60 Å². The molecule has 0 fully saturated rings. The lowest BCUT2D eigenvalue weighted by Gasteiger charge is -2.36. The van der Waals surface area contributed by atoms with Crippen molar-refractivity contribution in [3.8, 4) is 5.75 Å². The first kappa shape index (κ1) is 16.6. The van der Waals surface area contributed by atoms with Gasteiger partial charge in [0.2, 0.25) is 0 Å². The summed E-state index contributed by atoms with van der Waals surface area (Å²) < 4.78 is 9.41. The fourth-order valence-corrected chi connectivity index (χ4v) is 5.52. The molecule has 1 aliphatic heterocycles. The molecule has 2 heterocycles. The molecular weight excluding hydrogens is 372 g/mol. The molecule has 0 N–H and O–H groups in total. The maximum atomic E-state index is 6.82. The predicted molar refractivity (Wildman–Crippen MR) is 123 cm³/mol. The van der Waals surface area contributed by atoms with E-state index < -0.39 is 5.60 Å². The fraction of sp³-hybridized carbons (Fsp3) is 0.0370. The number of rotatable bonds is 2. The van der Waals surface area contributed by atoms with Crippen LogP contribution in [0.2, 0.25) is 0 Å². The highest BCUT2D eigenvalue weighted by molar-refractivity contribution is 7.26. The normalized spacial score (nSPS) is 14.6. The van der Waals surface area contributed by atoms with Crippen molar-refractivity contribution in [3.05, 3.63) is 120 Å². The summed E-state index contributed by atoms with van der Waals surface area (Å²) in [5.74, 6) is 0.930. The van der Waals surface area contributed by atoms with E-state index in [0.717, 1.165) is 16.9 Å². The van der Waals surface area contributed by atoms with Crippen molar-refractivity contribution in [3.63, 3.8) is 0 Å². The van der Waals surface area contributed by atoms with E-state index in [1.807, 2.05) is 23.5 Å². The summed E-state index contributed by atoms with van der Waals surface area (Å²) in [5.41, 5.74) is 2.81. The molecule has 138 valence electrons. The van der Waals surface area contributed by atoms with Gasteiger partial charge in [-0.15, -0.1) is 11.3 Å². The van der Waals surface area contributed by atoms with E-state index in [1.54, 1.807) is 0 Å². The average Bonchev–Trinajstić information content (AvgIpc) is 3.19. The van der Waals surface area contributed by atoms with Crippen molar-refractivity contribution in [1.82, 2.24) is 0 Å². The second-order valence-electron chi connectivity index (χ2n) is 7.36. The van der Waals surface area contributed by atoms with Gasteiger partial charge >= 0.3 is 0 Å². The molecule has 0 bridgehead atoms. The van der Waals surface area contributed by atoms with E-state index in [0.29, 0.717) is 0 Å². The Morgan fingerprint density at radius 3 is 2.00 bits per heavy atom. The van der Waals surface area contributed by atoms with Crippen LogP contribution in [0.5, 0.6) is 5.75 Å². The lowest BCUT2D eigenvalue weighted by atomic mass is 9.83. The molecule has 1 nitrogen and oxygen atoms in total. The van der Waals surface area contributed by atoms with Crippen LogP contribution in [-0.2, 0) is 5.60 Å². The minimum absolute atomic E-state index is 0.625. The van der Waals surface area contributed by atoms with Gasteiger partial charge in [-0.05, 0) is 30.4 Å². The van der Waals surface area contributed by atoms with Gasteiger partial charge < -0.3 is 4.74 Å². The van der Waals surface area contributed by atoms with E-state index in [9.17, 15) is 0 Å². The van der Waals surface area contributed by atoms with E-state index in [4.69, 9.17) is 4.74 Å². The van der Waals surface area contributed by atoms with Gasteiger partial charge in [0.25, 0.3) is 0 Å². The standard InChI is InChI=1S/C27H18OS/c1-3-9-19(10-4-1)27(20-11-5-2-6-12-20)18-17-23-24(28-27)16-15-22-21-13-7-8-14-25(21)29-26(22)23/h1-18H. The Morgan fingerprint density at radius 1 is 0.621 bits per heavy atom. The van der Waals surface area contributed by atoms with Gasteiger partial charge in [0.05, 0.1) is 0 Å². The molecule has 4 aromatic carbocycles. The van der Waals surface area contributed by atoms with Gasteiger partial charge in [-0.3, -0.25) is 0 Å². The van der Waals surface area contributed by atoms with Crippen LogP contribution in [0.15, 0.2) is 103 Å². The van der Waals surface area contributed by atoms with Gasteiger partial charge in [0.1, 0.15) is 5.75 Å². The van der Waals surface area contributed by atoms with Crippen LogP contribution < -0.4 is 4.74 Å². The number of benzene rings is 4. The highest BCUT2D eigenvalue weighted by Crippen LogP contribution is 2.47. The van der Waals surface area contributed by atoms with Crippen LogP contribution in [0.1, 0.15) is 16.7 Å². The molecule has 6 rings (SSSR count).